The van der Waals surface area contributed by atoms with Crippen LogP contribution in [0.5, 0.6) is 11.5 Å². The van der Waals surface area contributed by atoms with Gasteiger partial charge in [0.15, 0.2) is 19.8 Å². The minimum atomic E-state index is -1.94. The lowest BCUT2D eigenvalue weighted by Crippen LogP contribution is -2.52. The van der Waals surface area contributed by atoms with Gasteiger partial charge in [0, 0.05) is 7.11 Å². The van der Waals surface area contributed by atoms with E-state index in [9.17, 15) is 4.79 Å². The Morgan fingerprint density at radius 2 is 1.91 bits per heavy atom. The molecule has 2 heterocycles. The van der Waals surface area contributed by atoms with Crippen molar-refractivity contribution in [2.24, 2.45) is 0 Å². The second-order valence-corrected chi connectivity index (χ2v) is 15.2. The van der Waals surface area contributed by atoms with Gasteiger partial charge in [-0.15, -0.1) is 0 Å². The van der Waals surface area contributed by atoms with E-state index in [1.807, 2.05) is 37.8 Å². The summed E-state index contributed by atoms with van der Waals surface area (Å²) in [6.45, 7) is 12.9. The molecule has 7 nitrogen and oxygen atoms in total. The Morgan fingerprint density at radius 1 is 1.19 bits per heavy atom. The number of hydrogen-bond acceptors (Lipinski definition) is 6. The molecule has 0 unspecified atom stereocenters. The van der Waals surface area contributed by atoms with Crippen molar-refractivity contribution in [1.82, 2.24) is 4.90 Å². The molecular weight excluding hydrogens is 426 g/mol. The fourth-order valence-electron chi connectivity index (χ4n) is 4.93. The molecule has 1 saturated heterocycles. The number of rotatable bonds is 4. The van der Waals surface area contributed by atoms with E-state index in [1.165, 1.54) is 0 Å². The van der Waals surface area contributed by atoms with Crippen LogP contribution in [0.2, 0.25) is 19.6 Å². The smallest absolute Gasteiger partial charge is 0.410 e. The van der Waals surface area contributed by atoms with E-state index in [-0.39, 0.29) is 31.1 Å². The molecule has 1 aromatic carbocycles. The van der Waals surface area contributed by atoms with E-state index in [4.69, 9.17) is 23.4 Å². The van der Waals surface area contributed by atoms with Gasteiger partial charge in [-0.3, -0.25) is 0 Å². The van der Waals surface area contributed by atoms with Crippen LogP contribution in [0.3, 0.4) is 0 Å². The number of likely N-dealkylation sites (tertiary alicyclic amines) is 1. The molecule has 3 aliphatic rings. The lowest BCUT2D eigenvalue weighted by Gasteiger charge is -2.44. The molecule has 0 radical (unpaired) electrons. The van der Waals surface area contributed by atoms with Gasteiger partial charge in [-0.25, -0.2) is 4.79 Å². The maximum absolute atomic E-state index is 13.3. The van der Waals surface area contributed by atoms with Gasteiger partial charge in [0.25, 0.3) is 0 Å². The van der Waals surface area contributed by atoms with Crippen molar-refractivity contribution in [2.45, 2.75) is 76.1 Å². The third-order valence-corrected chi connectivity index (χ3v) is 7.16. The summed E-state index contributed by atoms with van der Waals surface area (Å²) in [5.41, 5.74) is -0.0685. The fraction of sp³-hybridized carbons (Fsp3) is 0.625. The van der Waals surface area contributed by atoms with Gasteiger partial charge in [0.05, 0.1) is 30.2 Å². The number of hydrogen-bond donors (Lipinski definition) is 0. The van der Waals surface area contributed by atoms with Gasteiger partial charge in [-0.05, 0) is 64.5 Å². The standard InChI is InChI=1S/C24H35NO6Si/c1-23(2,3)30-22(26)25-14-21(31-32(5,6)7)24(11-10-17(27-4)13-20(24)25)16-8-9-18-19(12-16)29-15-28-18/h8-12,17,20-21H,13-15H2,1-7H3/t17-,20+,21+,24+/m1/s1. The molecule has 176 valence electrons. The molecular formula is C24H35NO6Si. The monoisotopic (exact) mass is 461 g/mol. The molecule has 0 bridgehead atoms. The van der Waals surface area contributed by atoms with E-state index < -0.39 is 19.3 Å². The summed E-state index contributed by atoms with van der Waals surface area (Å²) in [5, 5.41) is 0. The maximum Gasteiger partial charge on any atom is 0.410 e. The van der Waals surface area contributed by atoms with Crippen molar-refractivity contribution in [3.05, 3.63) is 35.9 Å². The Morgan fingerprint density at radius 3 is 2.56 bits per heavy atom. The lowest BCUT2D eigenvalue weighted by atomic mass is 9.68. The number of carbonyl (C=O) groups is 1. The highest BCUT2D eigenvalue weighted by Gasteiger charge is 2.59. The number of fused-ring (bicyclic) bond motifs is 2. The van der Waals surface area contributed by atoms with Crippen molar-refractivity contribution in [3.8, 4) is 11.5 Å². The molecule has 8 heteroatoms. The third kappa shape index (κ3) is 4.28. The van der Waals surface area contributed by atoms with Gasteiger partial charge in [0.2, 0.25) is 6.79 Å². The van der Waals surface area contributed by atoms with Crippen molar-refractivity contribution in [3.63, 3.8) is 0 Å². The molecule has 4 rings (SSSR count). The zero-order valence-corrected chi connectivity index (χ0v) is 21.1. The molecule has 0 N–H and O–H groups in total. The molecule has 32 heavy (non-hydrogen) atoms. The van der Waals surface area contributed by atoms with Crippen LogP contribution in [0.25, 0.3) is 0 Å². The fourth-order valence-corrected chi connectivity index (χ4v) is 6.06. The summed E-state index contributed by atoms with van der Waals surface area (Å²) < 4.78 is 29.5. The number of ether oxygens (including phenoxy) is 4. The highest BCUT2D eigenvalue weighted by Crippen LogP contribution is 2.50. The zero-order valence-electron chi connectivity index (χ0n) is 20.1. The molecule has 1 amide bonds. The summed E-state index contributed by atoms with van der Waals surface area (Å²) in [4.78, 5) is 15.2. The number of nitrogens with zero attached hydrogens (tertiary/aromatic N) is 1. The first-order chi connectivity index (χ1) is 14.9. The molecule has 1 aliphatic carbocycles. The first-order valence-electron chi connectivity index (χ1n) is 11.2. The first-order valence-corrected chi connectivity index (χ1v) is 14.6. The summed E-state index contributed by atoms with van der Waals surface area (Å²) in [7, 11) is -0.235. The Hall–Kier alpha value is -2.03. The van der Waals surface area contributed by atoms with Crippen molar-refractivity contribution < 1.29 is 28.2 Å². The van der Waals surface area contributed by atoms with Crippen LogP contribution in [0.4, 0.5) is 4.79 Å². The molecule has 0 spiro atoms. The highest BCUT2D eigenvalue weighted by molar-refractivity contribution is 6.69. The SMILES string of the molecule is CO[C@@H]1C=C[C@@]2(c3ccc4c(c3)OCO4)[C@@H](O[Si](C)(C)C)CN(C(=O)OC(C)(C)C)[C@H]2C1. The molecule has 1 fully saturated rings. The molecule has 0 saturated carbocycles. The number of methoxy groups -OCH3 is 1. The summed E-state index contributed by atoms with van der Waals surface area (Å²) in [6, 6.07) is 5.87. The normalized spacial score (nSPS) is 29.2. The second-order valence-electron chi connectivity index (χ2n) is 10.7. The van der Waals surface area contributed by atoms with Crippen LogP contribution in [-0.2, 0) is 19.3 Å². The van der Waals surface area contributed by atoms with Crippen LogP contribution < -0.4 is 9.47 Å². The minimum absolute atomic E-state index is 0.0855. The second kappa shape index (κ2) is 8.08. The van der Waals surface area contributed by atoms with E-state index in [0.717, 1.165) is 17.1 Å². The topological polar surface area (TPSA) is 66.5 Å². The highest BCUT2D eigenvalue weighted by atomic mass is 28.4. The van der Waals surface area contributed by atoms with Crippen LogP contribution in [0.1, 0.15) is 32.8 Å². The van der Waals surface area contributed by atoms with Gasteiger partial charge < -0.3 is 28.3 Å². The molecule has 0 aromatic heterocycles. The first kappa shape index (κ1) is 23.1. The van der Waals surface area contributed by atoms with Crippen LogP contribution in [-0.4, -0.2) is 63.6 Å². The van der Waals surface area contributed by atoms with Crippen molar-refractivity contribution >= 4 is 14.4 Å². The summed E-state index contributed by atoms with van der Waals surface area (Å²) in [5.74, 6) is 1.46. The Balaban J connectivity index is 1.83. The van der Waals surface area contributed by atoms with Crippen molar-refractivity contribution in [2.75, 3.05) is 20.4 Å². The van der Waals surface area contributed by atoms with Gasteiger partial charge >= 0.3 is 6.09 Å². The largest absolute Gasteiger partial charge is 0.454 e. The number of benzene rings is 1. The number of carbonyl (C=O) groups excluding carboxylic acids is 1. The third-order valence-electron chi connectivity index (χ3n) is 6.16. The predicted molar refractivity (Wildman–Crippen MR) is 124 cm³/mol. The van der Waals surface area contributed by atoms with Crippen molar-refractivity contribution in [1.29, 1.82) is 0 Å². The van der Waals surface area contributed by atoms with E-state index >= 15 is 0 Å². The van der Waals surface area contributed by atoms with E-state index in [2.05, 4.69) is 37.9 Å². The minimum Gasteiger partial charge on any atom is -0.454 e. The average molecular weight is 462 g/mol. The molecule has 1 aromatic rings. The Labute approximate surface area is 191 Å². The Bertz CT molecular complexity index is 905. The summed E-state index contributed by atoms with van der Waals surface area (Å²) >= 11 is 0. The number of amides is 1. The summed E-state index contributed by atoms with van der Waals surface area (Å²) in [6.07, 6.45) is 4.33. The quantitative estimate of drug-likeness (QED) is 0.487. The maximum atomic E-state index is 13.3. The average Bonchev–Trinajstić information content (AvgIpc) is 3.27. The van der Waals surface area contributed by atoms with Gasteiger partial charge in [-0.1, -0.05) is 18.2 Å². The van der Waals surface area contributed by atoms with Crippen LogP contribution >= 0.6 is 0 Å². The van der Waals surface area contributed by atoms with Gasteiger partial charge in [0.1, 0.15) is 5.60 Å². The van der Waals surface area contributed by atoms with Gasteiger partial charge in [-0.2, -0.15) is 0 Å². The van der Waals surface area contributed by atoms with E-state index in [1.54, 1.807) is 7.11 Å². The Kier molecular flexibility index (Phi) is 5.84. The van der Waals surface area contributed by atoms with E-state index in [0.29, 0.717) is 13.0 Å². The molecule has 2 aliphatic heterocycles. The van der Waals surface area contributed by atoms with Crippen LogP contribution in [0.15, 0.2) is 30.4 Å². The van der Waals surface area contributed by atoms with Crippen LogP contribution in [0, 0.1) is 0 Å². The zero-order chi connectivity index (χ0) is 23.3. The molecule has 4 atom stereocenters. The predicted octanol–water partition coefficient (Wildman–Crippen LogP) is 4.47. The lowest BCUT2D eigenvalue weighted by molar-refractivity contribution is 0.0130.